The van der Waals surface area contributed by atoms with Crippen LogP contribution in [0.5, 0.6) is 17.2 Å². The first-order valence-electron chi connectivity index (χ1n) is 15.5. The van der Waals surface area contributed by atoms with E-state index in [1.165, 1.54) is 24.3 Å². The second-order valence-corrected chi connectivity index (χ2v) is 17.1. The molecule has 1 saturated carbocycles. The summed E-state index contributed by atoms with van der Waals surface area (Å²) in [5.74, 6) is -5.41. The number of carbonyl (C=O) groups is 3. The molecular weight excluding hydrogens is 1050 g/mol. The summed E-state index contributed by atoms with van der Waals surface area (Å²) in [7, 11) is -6.07. The largest absolute Gasteiger partial charge is 0.872 e. The summed E-state index contributed by atoms with van der Waals surface area (Å²) in [6.45, 7) is -2.11. The number of esters is 3. The van der Waals surface area contributed by atoms with Crippen LogP contribution in [0, 0.1) is 34.4 Å². The lowest BCUT2D eigenvalue weighted by Gasteiger charge is -2.54. The van der Waals surface area contributed by atoms with Crippen LogP contribution >= 0.6 is 67.8 Å². The Balaban J connectivity index is 1.26. The van der Waals surface area contributed by atoms with Crippen molar-refractivity contribution in [2.45, 2.75) is 17.1 Å². The van der Waals surface area contributed by atoms with Gasteiger partial charge in [0.15, 0.2) is 22.5 Å². The minimum absolute atomic E-state index is 0.00322. The molecule has 0 saturated heterocycles. The molecule has 4 aliphatic carbocycles. The van der Waals surface area contributed by atoms with E-state index in [2.05, 4.69) is 4.74 Å². The molecule has 0 amide bonds. The molecule has 0 spiro atoms. The zero-order valence-electron chi connectivity index (χ0n) is 26.4. The van der Waals surface area contributed by atoms with Gasteiger partial charge in [0.2, 0.25) is 0 Å². The van der Waals surface area contributed by atoms with E-state index in [1.54, 1.807) is 51.2 Å². The molecule has 0 N–H and O–H groups in total. The second-order valence-electron chi connectivity index (χ2n) is 12.1. The van der Waals surface area contributed by atoms with Crippen LogP contribution in [0.2, 0.25) is 0 Å². The molecule has 3 aromatic carbocycles. The van der Waals surface area contributed by atoms with Crippen LogP contribution in [-0.4, -0.2) is 56.0 Å². The maximum atomic E-state index is 14.4. The van der Waals surface area contributed by atoms with E-state index in [0.717, 1.165) is 11.1 Å². The number of fused-ring (bicyclic) bond motifs is 1. The fourth-order valence-electron chi connectivity index (χ4n) is 7.01. The Kier molecular flexibility index (Phi) is 11.5. The van der Waals surface area contributed by atoms with Gasteiger partial charge in [-0.25, -0.2) is 13.2 Å². The Bertz CT molecular complexity index is 2080. The molecule has 6 unspecified atom stereocenters. The Morgan fingerprint density at radius 3 is 1.92 bits per heavy atom. The van der Waals surface area contributed by atoms with Crippen LogP contribution in [0.15, 0.2) is 78.9 Å². The topological polar surface area (TPSA) is 168 Å². The molecule has 6 atom stereocenters. The van der Waals surface area contributed by atoms with Crippen LogP contribution < -0.4 is 14.6 Å². The number of ether oxygens (including phenoxy) is 4. The van der Waals surface area contributed by atoms with Gasteiger partial charge in [-0.2, -0.15) is 8.78 Å². The molecule has 0 radical (unpaired) electrons. The maximum Gasteiger partial charge on any atom is 0.367 e. The minimum atomic E-state index is -6.07. The minimum Gasteiger partial charge on any atom is -0.872 e. The monoisotopic (exact) mass is 1070 g/mol. The molecule has 0 aromatic heterocycles. The highest BCUT2D eigenvalue weighted by Gasteiger charge is 2.61. The average molecular weight is 1070 g/mol. The van der Waals surface area contributed by atoms with Crippen LogP contribution in [0.25, 0.3) is 0 Å². The molecule has 3 aromatic rings. The first-order chi connectivity index (χ1) is 24.6. The van der Waals surface area contributed by atoms with Gasteiger partial charge in [-0.3, -0.25) is 9.59 Å². The highest BCUT2D eigenvalue weighted by molar-refractivity contribution is 14.1. The number of halogens is 5. The van der Waals surface area contributed by atoms with Gasteiger partial charge in [0.25, 0.3) is 0 Å². The second kappa shape index (κ2) is 15.5. The summed E-state index contributed by atoms with van der Waals surface area (Å²) in [4.78, 5) is 41.0. The first kappa shape index (κ1) is 38.8. The van der Waals surface area contributed by atoms with Gasteiger partial charge >= 0.3 is 23.2 Å². The van der Waals surface area contributed by atoms with Gasteiger partial charge in [0.05, 0.1) is 24.5 Å². The van der Waals surface area contributed by atoms with Crippen molar-refractivity contribution < 1.29 is 60.2 Å². The average Bonchev–Trinajstić information content (AvgIpc) is 3.11. The van der Waals surface area contributed by atoms with Crippen molar-refractivity contribution in [2.24, 2.45) is 23.7 Å². The van der Waals surface area contributed by atoms with Crippen molar-refractivity contribution in [3.8, 4) is 17.2 Å². The summed E-state index contributed by atoms with van der Waals surface area (Å²) in [6, 6.07) is 14.5. The third-order valence-corrected chi connectivity index (χ3v) is 12.4. The van der Waals surface area contributed by atoms with Crippen molar-refractivity contribution in [1.29, 1.82) is 0 Å². The Morgan fingerprint density at radius 2 is 1.37 bits per heavy atom. The molecule has 274 valence electrons. The van der Waals surface area contributed by atoms with Gasteiger partial charge in [-0.1, -0.05) is 60.4 Å². The summed E-state index contributed by atoms with van der Waals surface area (Å²) in [6.07, 6.45) is 7.89. The van der Waals surface area contributed by atoms with Crippen LogP contribution in [0.4, 0.5) is 8.78 Å². The summed E-state index contributed by atoms with van der Waals surface area (Å²) < 4.78 is 82.3. The van der Waals surface area contributed by atoms with Crippen molar-refractivity contribution >= 4 is 95.8 Å². The quantitative estimate of drug-likeness (QED) is 0.0740. The van der Waals surface area contributed by atoms with Gasteiger partial charge in [0.1, 0.15) is 19.0 Å². The molecule has 11 nitrogen and oxygen atoms in total. The number of hydrogen-bond acceptors (Lipinski definition) is 11. The standard InChI is InChI=1S/C35H27F2I3O11S/c36-35(37,52(45,46)47)16-50-32(42)17-13-24(39)31(25(40)14-17)51-34(44)30-28-21-7-3-1-5-19(21)27(20-6-2-4-8-22(20)28)29(30)33(43)49-12-11-48-18-9-10-26(41)23(38)15-18/h1-10,13-15,19,21,27-30,41H,11-12,16H2,(H,45,46,47)/p-2. The van der Waals surface area contributed by atoms with E-state index >= 15 is 0 Å². The molecule has 0 aliphatic heterocycles. The fraction of sp³-hybridized carbons (Fsp3) is 0.286. The van der Waals surface area contributed by atoms with Crippen LogP contribution in [0.3, 0.4) is 0 Å². The molecular formula is C35H25F2I3O11S-2. The predicted molar refractivity (Wildman–Crippen MR) is 202 cm³/mol. The van der Waals surface area contributed by atoms with E-state index in [9.17, 15) is 41.2 Å². The van der Waals surface area contributed by atoms with E-state index in [1.807, 2.05) is 71.2 Å². The van der Waals surface area contributed by atoms with Gasteiger partial charge < -0.3 is 28.6 Å². The summed E-state index contributed by atoms with van der Waals surface area (Å²) in [5.41, 5.74) is 1.59. The highest BCUT2D eigenvalue weighted by Crippen LogP contribution is 2.62. The Morgan fingerprint density at radius 1 is 0.788 bits per heavy atom. The van der Waals surface area contributed by atoms with E-state index in [0.29, 0.717) is 9.32 Å². The molecule has 17 heteroatoms. The fourth-order valence-corrected chi connectivity index (χ4v) is 9.69. The summed E-state index contributed by atoms with van der Waals surface area (Å²) in [5, 5.41) is 6.90. The van der Waals surface area contributed by atoms with Gasteiger partial charge in [-0.05, 0) is 115 Å². The smallest absolute Gasteiger partial charge is 0.367 e. The molecule has 7 rings (SSSR count). The first-order valence-corrected chi connectivity index (χ1v) is 20.1. The SMILES string of the molecule is O=C(OCC(F)(F)S(=O)(=O)[O-])c1cc(I)c(OC(=O)C2C(C(=O)OCCOc3ccc([O-])c(I)c3)C3c4ccccc4C2C2C=CC=CC23)c(I)c1. The van der Waals surface area contributed by atoms with E-state index in [4.69, 9.17) is 14.2 Å². The van der Waals surface area contributed by atoms with E-state index in [-0.39, 0.29) is 49.3 Å². The van der Waals surface area contributed by atoms with Crippen molar-refractivity contribution in [2.75, 3.05) is 19.8 Å². The van der Waals surface area contributed by atoms with Gasteiger partial charge in [-0.15, -0.1) is 0 Å². The predicted octanol–water partition coefficient (Wildman–Crippen LogP) is 5.88. The molecule has 1 fully saturated rings. The number of carbonyl (C=O) groups excluding carboxylic acids is 3. The lowest BCUT2D eigenvalue weighted by molar-refractivity contribution is -0.269. The number of hydrogen-bond donors (Lipinski definition) is 0. The molecule has 0 heterocycles. The van der Waals surface area contributed by atoms with Gasteiger partial charge in [0, 0.05) is 15.4 Å². The number of rotatable bonds is 11. The zero-order chi connectivity index (χ0) is 37.5. The van der Waals surface area contributed by atoms with Crippen molar-refractivity contribution in [1.82, 2.24) is 0 Å². The maximum absolute atomic E-state index is 14.4. The Hall–Kier alpha value is -2.89. The van der Waals surface area contributed by atoms with Crippen molar-refractivity contribution in [3.63, 3.8) is 0 Å². The number of alkyl halides is 2. The van der Waals surface area contributed by atoms with E-state index < -0.39 is 63.6 Å². The van der Waals surface area contributed by atoms with Crippen molar-refractivity contribution in [3.05, 3.63) is 106 Å². The lowest BCUT2D eigenvalue weighted by Crippen LogP contribution is -2.54. The molecule has 4 aliphatic rings. The lowest BCUT2D eigenvalue weighted by atomic mass is 9.48. The molecule has 52 heavy (non-hydrogen) atoms. The third kappa shape index (κ3) is 7.69. The van der Waals surface area contributed by atoms with Crippen LogP contribution in [0.1, 0.15) is 33.3 Å². The third-order valence-electron chi connectivity index (χ3n) is 9.14. The van der Waals surface area contributed by atoms with Crippen LogP contribution in [-0.2, 0) is 29.2 Å². The zero-order valence-corrected chi connectivity index (χ0v) is 33.7. The Labute approximate surface area is 337 Å². The number of allylic oxidation sites excluding steroid dienone is 4. The summed E-state index contributed by atoms with van der Waals surface area (Å²) >= 11 is 5.47. The number of benzene rings is 3. The normalized spacial score (nSPS) is 23.0. The molecule has 2 bridgehead atoms. The highest BCUT2D eigenvalue weighted by atomic mass is 127.